The lowest BCUT2D eigenvalue weighted by atomic mass is 9.85. The first-order valence-corrected chi connectivity index (χ1v) is 7.62. The average molecular weight is 357 g/mol. The van der Waals surface area contributed by atoms with Gasteiger partial charge in [-0.3, -0.25) is 4.79 Å². The van der Waals surface area contributed by atoms with Gasteiger partial charge in [0, 0.05) is 16.9 Å². The Hall–Kier alpha value is -1.19. The van der Waals surface area contributed by atoms with Gasteiger partial charge in [-0.25, -0.2) is 13.2 Å². The molecule has 0 aliphatic carbocycles. The molecular weight excluding hydrogens is 341 g/mol. The number of alkyl halides is 4. The normalized spacial score (nSPS) is 17.0. The Bertz CT molecular complexity index is 564. The van der Waals surface area contributed by atoms with E-state index >= 15 is 0 Å². The monoisotopic (exact) mass is 357 g/mol. The van der Waals surface area contributed by atoms with Crippen molar-refractivity contribution < 1.29 is 31.3 Å². The Balaban J connectivity index is 3.64. The molecule has 0 fully saturated rings. The molecule has 23 heavy (non-hydrogen) atoms. The summed E-state index contributed by atoms with van der Waals surface area (Å²) in [7, 11) is 0. The first kappa shape index (κ1) is 19.9. The summed E-state index contributed by atoms with van der Waals surface area (Å²) in [5.74, 6) is -6.07. The lowest BCUT2D eigenvalue weighted by Crippen LogP contribution is -2.65. The molecule has 130 valence electrons. The zero-order valence-electron chi connectivity index (χ0n) is 12.6. The van der Waals surface area contributed by atoms with Gasteiger partial charge in [-0.15, -0.1) is 4.72 Å². The van der Waals surface area contributed by atoms with E-state index in [-0.39, 0.29) is 0 Å². The van der Waals surface area contributed by atoms with Crippen LogP contribution in [0.15, 0.2) is 24.3 Å². The molecular formula is C14H16F5NO2S. The van der Waals surface area contributed by atoms with Crippen molar-refractivity contribution in [3.05, 3.63) is 35.6 Å². The van der Waals surface area contributed by atoms with Crippen LogP contribution in [0.1, 0.15) is 26.3 Å². The first-order valence-electron chi connectivity index (χ1n) is 6.47. The van der Waals surface area contributed by atoms with E-state index in [1.54, 1.807) is 4.72 Å². The van der Waals surface area contributed by atoms with Crippen molar-refractivity contribution in [1.82, 2.24) is 4.72 Å². The number of benzene rings is 1. The maximum Gasteiger partial charge on any atom is 0.334 e. The van der Waals surface area contributed by atoms with Gasteiger partial charge in [-0.2, -0.15) is 8.78 Å². The van der Waals surface area contributed by atoms with Crippen LogP contribution in [0.5, 0.6) is 0 Å². The molecule has 0 aromatic heterocycles. The predicted octanol–water partition coefficient (Wildman–Crippen LogP) is 3.17. The van der Waals surface area contributed by atoms with Crippen molar-refractivity contribution in [2.24, 2.45) is 0 Å². The second-order valence-corrected chi connectivity index (χ2v) is 7.78. The van der Waals surface area contributed by atoms with Crippen LogP contribution in [-0.2, 0) is 21.7 Å². The van der Waals surface area contributed by atoms with Gasteiger partial charge >= 0.3 is 5.92 Å². The summed E-state index contributed by atoms with van der Waals surface area (Å²) in [5, 5.41) is 0. The van der Waals surface area contributed by atoms with Gasteiger partial charge in [0.1, 0.15) is 10.6 Å². The predicted molar refractivity (Wildman–Crippen MR) is 76.1 cm³/mol. The molecule has 0 saturated heterocycles. The number of carbonyl (C=O) groups excluding carboxylic acids is 1. The average Bonchev–Trinajstić information content (AvgIpc) is 2.43. The standard InChI is InChI=1S/C14H16F5NO2S/c1-12(2,3)23(22)20-14(11(16)17,13(18,19)8-21)9-6-4-5-7-10(9)15/h4-8,11,20H,1-3H3/t14-,23?/m0/s1. The Morgan fingerprint density at radius 3 is 2.13 bits per heavy atom. The summed E-state index contributed by atoms with van der Waals surface area (Å²) >= 11 is -2.42. The third-order valence-electron chi connectivity index (χ3n) is 3.11. The molecule has 0 bridgehead atoms. The molecule has 0 amide bonds. The second kappa shape index (κ2) is 6.74. The van der Waals surface area contributed by atoms with Crippen LogP contribution >= 0.6 is 0 Å². The molecule has 0 saturated carbocycles. The summed E-state index contributed by atoms with van der Waals surface area (Å²) in [4.78, 5) is 10.7. The number of aldehydes is 1. The number of carbonyl (C=O) groups is 1. The van der Waals surface area contributed by atoms with E-state index in [9.17, 15) is 31.3 Å². The number of hydrogen-bond donors (Lipinski definition) is 1. The molecule has 0 heterocycles. The summed E-state index contributed by atoms with van der Waals surface area (Å²) in [6.45, 7) is 4.06. The lowest BCUT2D eigenvalue weighted by Gasteiger charge is -2.39. The van der Waals surface area contributed by atoms with Crippen LogP contribution in [0.25, 0.3) is 0 Å². The quantitative estimate of drug-likeness (QED) is 0.483. The number of nitrogens with one attached hydrogen (secondary N) is 1. The van der Waals surface area contributed by atoms with Gasteiger partial charge < -0.3 is 4.55 Å². The molecule has 1 N–H and O–H groups in total. The van der Waals surface area contributed by atoms with E-state index in [4.69, 9.17) is 0 Å². The van der Waals surface area contributed by atoms with Crippen molar-refractivity contribution in [1.29, 1.82) is 0 Å². The summed E-state index contributed by atoms with van der Waals surface area (Å²) < 4.78 is 82.0. The minimum Gasteiger partial charge on any atom is -0.598 e. The number of hydrogen-bond acceptors (Lipinski definition) is 3. The van der Waals surface area contributed by atoms with Crippen LogP contribution in [0, 0.1) is 5.82 Å². The minimum absolute atomic E-state index is 0.700. The second-order valence-electron chi connectivity index (χ2n) is 5.81. The molecule has 0 aliphatic heterocycles. The number of halogens is 5. The third kappa shape index (κ3) is 3.67. The highest BCUT2D eigenvalue weighted by Gasteiger charge is 2.66. The van der Waals surface area contributed by atoms with Crippen molar-refractivity contribution in [2.75, 3.05) is 0 Å². The van der Waals surface area contributed by atoms with E-state index in [0.717, 1.165) is 12.1 Å². The van der Waals surface area contributed by atoms with Crippen molar-refractivity contribution in [2.45, 2.75) is 43.4 Å². The van der Waals surface area contributed by atoms with E-state index in [1.165, 1.54) is 20.8 Å². The molecule has 3 nitrogen and oxygen atoms in total. The fourth-order valence-electron chi connectivity index (χ4n) is 1.78. The summed E-state index contributed by atoms with van der Waals surface area (Å²) in [5.41, 5.74) is -4.89. The highest BCUT2D eigenvalue weighted by molar-refractivity contribution is 7.90. The van der Waals surface area contributed by atoms with E-state index < -0.39 is 51.7 Å². The fourth-order valence-corrected chi connectivity index (χ4v) is 2.72. The lowest BCUT2D eigenvalue weighted by molar-refractivity contribution is -0.161. The maximum absolute atomic E-state index is 14.1. The van der Waals surface area contributed by atoms with Gasteiger partial charge in [-0.05, 0) is 26.8 Å². The van der Waals surface area contributed by atoms with Crippen LogP contribution in [-0.4, -0.2) is 27.9 Å². The molecule has 0 spiro atoms. The molecule has 0 radical (unpaired) electrons. The summed E-state index contributed by atoms with van der Waals surface area (Å²) in [6.07, 6.45) is -4.91. The third-order valence-corrected chi connectivity index (χ3v) is 4.73. The largest absolute Gasteiger partial charge is 0.598 e. The van der Waals surface area contributed by atoms with Crippen LogP contribution in [0.4, 0.5) is 22.0 Å². The highest BCUT2D eigenvalue weighted by atomic mass is 32.2. The molecule has 9 heteroatoms. The Morgan fingerprint density at radius 1 is 1.22 bits per heavy atom. The fraction of sp³-hybridized carbons (Fsp3) is 0.500. The Labute approximate surface area is 133 Å². The molecule has 1 aromatic carbocycles. The molecule has 2 atom stereocenters. The van der Waals surface area contributed by atoms with E-state index in [1.807, 2.05) is 0 Å². The maximum atomic E-state index is 14.1. The van der Waals surface area contributed by atoms with E-state index in [0.29, 0.717) is 12.1 Å². The van der Waals surface area contributed by atoms with Crippen LogP contribution in [0.2, 0.25) is 0 Å². The Morgan fingerprint density at radius 2 is 1.74 bits per heavy atom. The summed E-state index contributed by atoms with van der Waals surface area (Å²) in [6, 6.07) is 3.59. The van der Waals surface area contributed by atoms with E-state index in [2.05, 4.69) is 0 Å². The van der Waals surface area contributed by atoms with Crippen LogP contribution in [0.3, 0.4) is 0 Å². The van der Waals surface area contributed by atoms with Gasteiger partial charge in [0.25, 0.3) is 6.43 Å². The topological polar surface area (TPSA) is 52.2 Å². The van der Waals surface area contributed by atoms with Crippen molar-refractivity contribution in [3.8, 4) is 0 Å². The molecule has 1 aromatic rings. The highest BCUT2D eigenvalue weighted by Crippen LogP contribution is 2.43. The SMILES string of the molecule is CC(C)(C)[S+]([O-])N[C@@](c1ccccc1F)(C(F)F)C(F)(F)C=O. The van der Waals surface area contributed by atoms with Crippen molar-refractivity contribution >= 4 is 17.6 Å². The smallest absolute Gasteiger partial charge is 0.334 e. The van der Waals surface area contributed by atoms with Gasteiger partial charge in [0.05, 0.1) is 0 Å². The van der Waals surface area contributed by atoms with Crippen molar-refractivity contribution in [3.63, 3.8) is 0 Å². The first-order chi connectivity index (χ1) is 10.4. The zero-order valence-corrected chi connectivity index (χ0v) is 13.4. The molecule has 1 unspecified atom stereocenters. The zero-order chi connectivity index (χ0) is 18.1. The Kier molecular flexibility index (Phi) is 5.82. The molecule has 0 aliphatic rings. The minimum atomic E-state index is -4.70. The van der Waals surface area contributed by atoms with Gasteiger partial charge in [0.2, 0.25) is 5.54 Å². The van der Waals surface area contributed by atoms with Gasteiger partial charge in [-0.1, -0.05) is 18.2 Å². The molecule has 1 rings (SSSR count). The number of rotatable bonds is 6. The van der Waals surface area contributed by atoms with Crippen LogP contribution < -0.4 is 4.72 Å². The van der Waals surface area contributed by atoms with Gasteiger partial charge in [0.15, 0.2) is 6.29 Å².